The van der Waals surface area contributed by atoms with Gasteiger partial charge in [0.1, 0.15) is 10.7 Å². The first kappa shape index (κ1) is 18.4. The molecule has 2 aromatic carbocycles. The molecule has 1 N–H and O–H groups in total. The molecular weight excluding hydrogens is 405 g/mol. The molecule has 0 spiro atoms. The molecule has 0 radical (unpaired) electrons. The zero-order valence-corrected chi connectivity index (χ0v) is 16.1. The van der Waals surface area contributed by atoms with Crippen LogP contribution in [0.3, 0.4) is 0 Å². The van der Waals surface area contributed by atoms with Gasteiger partial charge in [-0.05, 0) is 12.5 Å². The predicted octanol–water partition coefficient (Wildman–Crippen LogP) is 3.60. The van der Waals surface area contributed by atoms with Crippen molar-refractivity contribution in [2.45, 2.75) is 17.9 Å². The molecule has 1 unspecified atom stereocenters. The minimum absolute atomic E-state index is 0.0197. The Morgan fingerprint density at radius 1 is 1.25 bits per heavy atom. The van der Waals surface area contributed by atoms with Gasteiger partial charge in [-0.25, -0.2) is 22.6 Å². The Morgan fingerprint density at radius 2 is 2.00 bits per heavy atom. The summed E-state index contributed by atoms with van der Waals surface area (Å²) >= 11 is 1.06. The van der Waals surface area contributed by atoms with E-state index in [1.54, 1.807) is 12.3 Å². The molecule has 2 aromatic heterocycles. The van der Waals surface area contributed by atoms with Gasteiger partial charge in [0.2, 0.25) is 0 Å². The van der Waals surface area contributed by atoms with Crippen molar-refractivity contribution in [2.75, 3.05) is 4.72 Å². The third-order valence-corrected chi connectivity index (χ3v) is 6.45. The lowest BCUT2D eigenvalue weighted by Gasteiger charge is -2.13. The highest BCUT2D eigenvalue weighted by Crippen LogP contribution is 2.28. The van der Waals surface area contributed by atoms with Crippen molar-refractivity contribution in [3.05, 3.63) is 76.0 Å². The van der Waals surface area contributed by atoms with E-state index < -0.39 is 32.5 Å². The van der Waals surface area contributed by atoms with Crippen LogP contribution in [0, 0.1) is 5.82 Å². The van der Waals surface area contributed by atoms with Gasteiger partial charge in [0.25, 0.3) is 10.0 Å². The van der Waals surface area contributed by atoms with Gasteiger partial charge >= 0.3 is 5.76 Å². The molecule has 0 aliphatic rings. The van der Waals surface area contributed by atoms with Gasteiger partial charge in [-0.1, -0.05) is 30.3 Å². The number of hydrogen-bond acceptors (Lipinski definition) is 6. The van der Waals surface area contributed by atoms with E-state index in [-0.39, 0.29) is 16.2 Å². The van der Waals surface area contributed by atoms with Crippen LogP contribution in [0.5, 0.6) is 0 Å². The largest absolute Gasteiger partial charge is 0.420 e. The molecule has 144 valence electrons. The standard InChI is InChI=1S/C18H14FN3O4S2/c1-11(12-5-3-2-4-6-12)22-14-9-13(19)16(10-15(14)26-18(22)23)28(24,25)21-17-20-7-8-27-17/h2-11H,1H3,(H,20,21). The molecule has 4 aromatic rings. The Hall–Kier alpha value is -2.98. The average Bonchev–Trinajstić information content (AvgIpc) is 3.27. The number of rotatable bonds is 5. The number of anilines is 1. The lowest BCUT2D eigenvalue weighted by atomic mass is 10.1. The summed E-state index contributed by atoms with van der Waals surface area (Å²) in [6.07, 6.45) is 1.42. The number of thiazole rings is 1. The number of fused-ring (bicyclic) bond motifs is 1. The molecule has 1 atom stereocenters. The van der Waals surface area contributed by atoms with E-state index in [2.05, 4.69) is 9.71 Å². The number of hydrogen-bond donors (Lipinski definition) is 1. The van der Waals surface area contributed by atoms with Gasteiger partial charge in [-0.2, -0.15) is 0 Å². The number of aromatic nitrogens is 2. The summed E-state index contributed by atoms with van der Waals surface area (Å²) in [5.74, 6) is -1.69. The van der Waals surface area contributed by atoms with Crippen LogP contribution >= 0.6 is 11.3 Å². The highest BCUT2D eigenvalue weighted by molar-refractivity contribution is 7.93. The van der Waals surface area contributed by atoms with Crippen molar-refractivity contribution in [1.29, 1.82) is 0 Å². The van der Waals surface area contributed by atoms with Gasteiger partial charge in [-0.15, -0.1) is 11.3 Å². The SMILES string of the molecule is CC(c1ccccc1)n1c(=O)oc2cc(S(=O)(=O)Nc3nccs3)c(F)cc21. The molecule has 0 fully saturated rings. The van der Waals surface area contributed by atoms with E-state index in [1.807, 2.05) is 30.3 Å². The molecular formula is C18H14FN3O4S2. The summed E-state index contributed by atoms with van der Waals surface area (Å²) in [6, 6.07) is 10.8. The minimum atomic E-state index is -4.23. The van der Waals surface area contributed by atoms with E-state index in [4.69, 9.17) is 4.42 Å². The second-order valence-corrected chi connectivity index (χ2v) is 8.56. The van der Waals surface area contributed by atoms with Gasteiger partial charge in [0, 0.05) is 23.7 Å². The molecule has 10 heteroatoms. The Morgan fingerprint density at radius 3 is 2.68 bits per heavy atom. The molecule has 0 amide bonds. The first-order valence-corrected chi connectivity index (χ1v) is 10.5. The first-order chi connectivity index (χ1) is 13.4. The molecule has 2 heterocycles. The normalized spacial score (nSPS) is 12.9. The fourth-order valence-corrected chi connectivity index (χ4v) is 4.80. The number of oxazole rings is 1. The van der Waals surface area contributed by atoms with E-state index in [0.29, 0.717) is 0 Å². The maximum absolute atomic E-state index is 14.7. The zero-order chi connectivity index (χ0) is 19.9. The number of halogens is 1. The third kappa shape index (κ3) is 3.20. The summed E-state index contributed by atoms with van der Waals surface area (Å²) in [5.41, 5.74) is 0.982. The quantitative estimate of drug-likeness (QED) is 0.533. The summed E-state index contributed by atoms with van der Waals surface area (Å²) in [4.78, 5) is 15.6. The van der Waals surface area contributed by atoms with Crippen LogP contribution in [0.2, 0.25) is 0 Å². The van der Waals surface area contributed by atoms with Crippen LogP contribution in [0.25, 0.3) is 11.1 Å². The van der Waals surface area contributed by atoms with Gasteiger partial charge < -0.3 is 4.42 Å². The highest BCUT2D eigenvalue weighted by Gasteiger charge is 2.25. The second kappa shape index (κ2) is 6.88. The molecule has 7 nitrogen and oxygen atoms in total. The Labute approximate surface area is 163 Å². The Bertz CT molecular complexity index is 1300. The van der Waals surface area contributed by atoms with Crippen molar-refractivity contribution in [3.63, 3.8) is 0 Å². The maximum atomic E-state index is 14.7. The van der Waals surface area contributed by atoms with Crippen molar-refractivity contribution in [1.82, 2.24) is 9.55 Å². The topological polar surface area (TPSA) is 94.2 Å². The predicted molar refractivity (Wildman–Crippen MR) is 104 cm³/mol. The first-order valence-electron chi connectivity index (χ1n) is 8.18. The van der Waals surface area contributed by atoms with Gasteiger partial charge in [0.05, 0.1) is 11.6 Å². The van der Waals surface area contributed by atoms with Crippen molar-refractivity contribution in [2.24, 2.45) is 0 Å². The van der Waals surface area contributed by atoms with Crippen LogP contribution < -0.4 is 10.5 Å². The molecule has 28 heavy (non-hydrogen) atoms. The van der Waals surface area contributed by atoms with E-state index in [9.17, 15) is 17.6 Å². The Balaban J connectivity index is 1.82. The fraction of sp³-hybridized carbons (Fsp3) is 0.111. The fourth-order valence-electron chi connectivity index (χ4n) is 2.93. The van der Waals surface area contributed by atoms with Gasteiger partial charge in [-0.3, -0.25) is 9.29 Å². The number of nitrogens with zero attached hydrogens (tertiary/aromatic N) is 2. The van der Waals surface area contributed by atoms with Crippen LogP contribution in [0.15, 0.2) is 68.1 Å². The third-order valence-electron chi connectivity index (χ3n) is 4.28. The lowest BCUT2D eigenvalue weighted by molar-refractivity contribution is 0.489. The molecule has 0 bridgehead atoms. The second-order valence-electron chi connectivity index (χ2n) is 6.02. The van der Waals surface area contributed by atoms with Crippen molar-refractivity contribution < 1.29 is 17.2 Å². The van der Waals surface area contributed by atoms with Crippen molar-refractivity contribution >= 4 is 37.6 Å². The molecule has 0 aliphatic carbocycles. The highest BCUT2D eigenvalue weighted by atomic mass is 32.2. The molecule has 0 saturated carbocycles. The summed E-state index contributed by atoms with van der Waals surface area (Å²) in [6.45, 7) is 1.78. The number of sulfonamides is 1. The average molecular weight is 419 g/mol. The van der Waals surface area contributed by atoms with E-state index in [0.717, 1.165) is 29.0 Å². The van der Waals surface area contributed by atoms with E-state index in [1.165, 1.54) is 10.8 Å². The van der Waals surface area contributed by atoms with E-state index >= 15 is 0 Å². The molecule has 0 aliphatic heterocycles. The summed E-state index contributed by atoms with van der Waals surface area (Å²) in [5, 5.41) is 1.69. The summed E-state index contributed by atoms with van der Waals surface area (Å²) < 4.78 is 48.4. The Kier molecular flexibility index (Phi) is 4.52. The smallest absolute Gasteiger partial charge is 0.408 e. The van der Waals surface area contributed by atoms with Crippen LogP contribution in [-0.2, 0) is 10.0 Å². The van der Waals surface area contributed by atoms with Crippen molar-refractivity contribution in [3.8, 4) is 0 Å². The summed E-state index contributed by atoms with van der Waals surface area (Å²) in [7, 11) is -4.23. The maximum Gasteiger partial charge on any atom is 0.420 e. The zero-order valence-electron chi connectivity index (χ0n) is 14.5. The molecule has 0 saturated heterocycles. The lowest BCUT2D eigenvalue weighted by Crippen LogP contribution is -2.19. The minimum Gasteiger partial charge on any atom is -0.408 e. The van der Waals surface area contributed by atoms with Crippen LogP contribution in [0.1, 0.15) is 18.5 Å². The van der Waals surface area contributed by atoms with Gasteiger partial charge in [0.15, 0.2) is 10.7 Å². The molecule has 4 rings (SSSR count). The monoisotopic (exact) mass is 419 g/mol. The van der Waals surface area contributed by atoms with Crippen LogP contribution in [0.4, 0.5) is 9.52 Å². The number of nitrogens with one attached hydrogen (secondary N) is 1. The van der Waals surface area contributed by atoms with Crippen LogP contribution in [-0.4, -0.2) is 18.0 Å². The number of benzene rings is 2.